The number of nitrogens with zero attached hydrogens (tertiary/aromatic N) is 2. The Hall–Kier alpha value is -1.64. The Morgan fingerprint density at radius 2 is 1.42 bits per heavy atom. The molecule has 1 fully saturated rings. The SMILES string of the molecule is CCCCCCN1CCN(C(Cc2ccccc2)c2ccccc2)CC1. The minimum Gasteiger partial charge on any atom is -0.301 e. The first-order valence-electron chi connectivity index (χ1n) is 10.4. The van der Waals surface area contributed by atoms with E-state index >= 15 is 0 Å². The van der Waals surface area contributed by atoms with Crippen molar-refractivity contribution in [1.29, 1.82) is 0 Å². The zero-order valence-corrected chi connectivity index (χ0v) is 16.3. The fourth-order valence-electron chi connectivity index (χ4n) is 4.03. The standard InChI is InChI=1S/C24H34N2/c1-2-3-4-11-16-25-17-19-26(20-18-25)24(23-14-9-6-10-15-23)21-22-12-7-5-8-13-22/h5-10,12-15,24H,2-4,11,16-21H2,1H3. The zero-order chi connectivity index (χ0) is 18.0. The van der Waals surface area contributed by atoms with E-state index < -0.39 is 0 Å². The monoisotopic (exact) mass is 350 g/mol. The second-order valence-electron chi connectivity index (χ2n) is 7.55. The molecule has 3 rings (SSSR count). The predicted octanol–water partition coefficient (Wildman–Crippen LogP) is 5.17. The molecule has 2 aromatic rings. The molecule has 0 amide bonds. The number of benzene rings is 2. The van der Waals surface area contributed by atoms with Gasteiger partial charge in [-0.25, -0.2) is 0 Å². The predicted molar refractivity (Wildman–Crippen MR) is 111 cm³/mol. The topological polar surface area (TPSA) is 6.48 Å². The van der Waals surface area contributed by atoms with E-state index in [1.54, 1.807) is 0 Å². The zero-order valence-electron chi connectivity index (χ0n) is 16.3. The van der Waals surface area contributed by atoms with Gasteiger partial charge in [0.15, 0.2) is 0 Å². The second kappa shape index (κ2) is 10.5. The molecule has 0 saturated carbocycles. The van der Waals surface area contributed by atoms with Gasteiger partial charge in [0.1, 0.15) is 0 Å². The van der Waals surface area contributed by atoms with Gasteiger partial charge in [-0.2, -0.15) is 0 Å². The summed E-state index contributed by atoms with van der Waals surface area (Å²) in [4.78, 5) is 5.36. The van der Waals surface area contributed by atoms with E-state index in [9.17, 15) is 0 Å². The summed E-state index contributed by atoms with van der Waals surface area (Å²) < 4.78 is 0. The van der Waals surface area contributed by atoms with Crippen LogP contribution >= 0.6 is 0 Å². The van der Waals surface area contributed by atoms with Crippen molar-refractivity contribution in [2.24, 2.45) is 0 Å². The van der Waals surface area contributed by atoms with Gasteiger partial charge < -0.3 is 4.90 Å². The van der Waals surface area contributed by atoms with Crippen LogP contribution in [-0.4, -0.2) is 42.5 Å². The van der Waals surface area contributed by atoms with E-state index in [4.69, 9.17) is 0 Å². The first-order chi connectivity index (χ1) is 12.9. The lowest BCUT2D eigenvalue weighted by atomic mass is 9.96. The summed E-state index contributed by atoms with van der Waals surface area (Å²) in [5, 5.41) is 0. The number of unbranched alkanes of at least 4 members (excludes halogenated alkanes) is 3. The quantitative estimate of drug-likeness (QED) is 0.576. The summed E-state index contributed by atoms with van der Waals surface area (Å²) in [5.74, 6) is 0. The average molecular weight is 351 g/mol. The van der Waals surface area contributed by atoms with Gasteiger partial charge in [0, 0.05) is 32.2 Å². The highest BCUT2D eigenvalue weighted by Gasteiger charge is 2.25. The molecule has 1 aliphatic heterocycles. The molecular weight excluding hydrogens is 316 g/mol. The highest BCUT2D eigenvalue weighted by molar-refractivity contribution is 5.24. The summed E-state index contributed by atoms with van der Waals surface area (Å²) in [7, 11) is 0. The minimum atomic E-state index is 0.487. The van der Waals surface area contributed by atoms with E-state index in [0.29, 0.717) is 6.04 Å². The van der Waals surface area contributed by atoms with E-state index in [1.165, 1.54) is 69.5 Å². The van der Waals surface area contributed by atoms with Crippen LogP contribution in [0.15, 0.2) is 60.7 Å². The molecule has 0 aliphatic carbocycles. The molecule has 26 heavy (non-hydrogen) atoms. The molecule has 2 aromatic carbocycles. The summed E-state index contributed by atoms with van der Waals surface area (Å²) in [6.07, 6.45) is 6.55. The fourth-order valence-corrected chi connectivity index (χ4v) is 4.03. The van der Waals surface area contributed by atoms with Crippen LogP contribution in [-0.2, 0) is 6.42 Å². The van der Waals surface area contributed by atoms with E-state index in [2.05, 4.69) is 77.4 Å². The molecular formula is C24H34N2. The normalized spacial score (nSPS) is 17.3. The molecule has 0 aromatic heterocycles. The van der Waals surface area contributed by atoms with Gasteiger partial charge in [-0.05, 0) is 30.5 Å². The van der Waals surface area contributed by atoms with Gasteiger partial charge in [-0.3, -0.25) is 4.90 Å². The van der Waals surface area contributed by atoms with Crippen molar-refractivity contribution in [2.45, 2.75) is 45.1 Å². The van der Waals surface area contributed by atoms with Crippen molar-refractivity contribution in [3.05, 3.63) is 71.8 Å². The number of hydrogen-bond donors (Lipinski definition) is 0. The highest BCUT2D eigenvalue weighted by atomic mass is 15.3. The Morgan fingerprint density at radius 3 is 2.08 bits per heavy atom. The van der Waals surface area contributed by atoms with Crippen molar-refractivity contribution in [3.8, 4) is 0 Å². The molecule has 2 heteroatoms. The molecule has 0 radical (unpaired) electrons. The van der Waals surface area contributed by atoms with E-state index in [0.717, 1.165) is 6.42 Å². The van der Waals surface area contributed by atoms with Crippen molar-refractivity contribution >= 4 is 0 Å². The minimum absolute atomic E-state index is 0.487. The molecule has 0 N–H and O–H groups in total. The summed E-state index contributed by atoms with van der Waals surface area (Å²) >= 11 is 0. The van der Waals surface area contributed by atoms with E-state index in [1.807, 2.05) is 0 Å². The number of hydrogen-bond acceptors (Lipinski definition) is 2. The molecule has 2 nitrogen and oxygen atoms in total. The lowest BCUT2D eigenvalue weighted by Crippen LogP contribution is -2.48. The Bertz CT molecular complexity index is 603. The molecule has 0 bridgehead atoms. The van der Waals surface area contributed by atoms with Crippen LogP contribution in [0.1, 0.15) is 49.8 Å². The molecule has 1 saturated heterocycles. The summed E-state index contributed by atoms with van der Waals surface area (Å²) in [5.41, 5.74) is 2.89. The lowest BCUT2D eigenvalue weighted by molar-refractivity contribution is 0.0942. The van der Waals surface area contributed by atoms with Gasteiger partial charge in [-0.15, -0.1) is 0 Å². The van der Waals surface area contributed by atoms with Crippen LogP contribution in [0.5, 0.6) is 0 Å². The van der Waals surface area contributed by atoms with E-state index in [-0.39, 0.29) is 0 Å². The molecule has 140 valence electrons. The van der Waals surface area contributed by atoms with Crippen LogP contribution in [0.25, 0.3) is 0 Å². The molecule has 0 spiro atoms. The van der Waals surface area contributed by atoms with Gasteiger partial charge in [-0.1, -0.05) is 86.8 Å². The van der Waals surface area contributed by atoms with Crippen LogP contribution in [0, 0.1) is 0 Å². The van der Waals surface area contributed by atoms with Crippen molar-refractivity contribution in [3.63, 3.8) is 0 Å². The Balaban J connectivity index is 1.59. The average Bonchev–Trinajstić information content (AvgIpc) is 2.71. The van der Waals surface area contributed by atoms with Crippen molar-refractivity contribution < 1.29 is 0 Å². The van der Waals surface area contributed by atoms with Gasteiger partial charge in [0.05, 0.1) is 0 Å². The third-order valence-electron chi connectivity index (χ3n) is 5.63. The smallest absolute Gasteiger partial charge is 0.0389 e. The second-order valence-corrected chi connectivity index (χ2v) is 7.55. The van der Waals surface area contributed by atoms with Crippen molar-refractivity contribution in [2.75, 3.05) is 32.7 Å². The maximum absolute atomic E-state index is 2.70. The first-order valence-corrected chi connectivity index (χ1v) is 10.4. The third-order valence-corrected chi connectivity index (χ3v) is 5.63. The Kier molecular flexibility index (Phi) is 7.72. The largest absolute Gasteiger partial charge is 0.301 e. The van der Waals surface area contributed by atoms with Crippen LogP contribution < -0.4 is 0 Å². The maximum atomic E-state index is 2.70. The van der Waals surface area contributed by atoms with Crippen LogP contribution in [0.4, 0.5) is 0 Å². The highest BCUT2D eigenvalue weighted by Crippen LogP contribution is 2.26. The van der Waals surface area contributed by atoms with Gasteiger partial charge in [0.2, 0.25) is 0 Å². The van der Waals surface area contributed by atoms with Gasteiger partial charge in [0.25, 0.3) is 0 Å². The number of rotatable bonds is 9. The van der Waals surface area contributed by atoms with Crippen molar-refractivity contribution in [1.82, 2.24) is 9.80 Å². The fraction of sp³-hybridized carbons (Fsp3) is 0.500. The lowest BCUT2D eigenvalue weighted by Gasteiger charge is -2.39. The Labute approximate surface area is 159 Å². The molecule has 1 atom stereocenters. The maximum Gasteiger partial charge on any atom is 0.0389 e. The first kappa shape index (κ1) is 19.1. The third kappa shape index (κ3) is 5.69. The van der Waals surface area contributed by atoms with Crippen LogP contribution in [0.3, 0.4) is 0 Å². The number of piperazine rings is 1. The molecule has 1 heterocycles. The molecule has 1 aliphatic rings. The van der Waals surface area contributed by atoms with Crippen LogP contribution in [0.2, 0.25) is 0 Å². The summed E-state index contributed by atoms with van der Waals surface area (Å²) in [6, 6.07) is 22.5. The summed E-state index contributed by atoms with van der Waals surface area (Å²) in [6.45, 7) is 8.35. The van der Waals surface area contributed by atoms with Gasteiger partial charge >= 0.3 is 0 Å². The Morgan fingerprint density at radius 1 is 0.769 bits per heavy atom. The molecule has 1 unspecified atom stereocenters.